The maximum absolute atomic E-state index is 13.5. The molecule has 0 aliphatic carbocycles. The third-order valence-corrected chi connectivity index (χ3v) is 6.36. The number of aromatic nitrogens is 4. The van der Waals surface area contributed by atoms with Crippen LogP contribution < -0.4 is 15.4 Å². The highest BCUT2D eigenvalue weighted by Crippen LogP contribution is 2.39. The minimum absolute atomic E-state index is 0.306. The van der Waals surface area contributed by atoms with E-state index < -0.39 is 6.04 Å². The first kappa shape index (κ1) is 22.9. The van der Waals surface area contributed by atoms with Crippen molar-refractivity contribution in [2.24, 2.45) is 0 Å². The topological polar surface area (TPSA) is 94.0 Å². The summed E-state index contributed by atoms with van der Waals surface area (Å²) in [5, 5.41) is 11.7. The van der Waals surface area contributed by atoms with Gasteiger partial charge in [-0.2, -0.15) is 4.98 Å². The van der Waals surface area contributed by atoms with Crippen LogP contribution in [0, 0.1) is 0 Å². The Kier molecular flexibility index (Phi) is 6.15. The van der Waals surface area contributed by atoms with E-state index >= 15 is 0 Å². The average molecular weight is 507 g/mol. The minimum atomic E-state index is -0.617. The Bertz CT molecular complexity index is 1450. The Hall–Kier alpha value is -3.88. The molecule has 10 heteroatoms. The molecule has 5 rings (SSSR count). The minimum Gasteiger partial charge on any atom is -0.496 e. The molecule has 0 fully saturated rings. The van der Waals surface area contributed by atoms with Crippen LogP contribution in [0.4, 0.5) is 11.6 Å². The second-order valence-corrected chi connectivity index (χ2v) is 8.65. The van der Waals surface area contributed by atoms with Crippen molar-refractivity contribution in [2.75, 3.05) is 17.7 Å². The van der Waals surface area contributed by atoms with Crippen LogP contribution in [-0.4, -0.2) is 32.8 Å². The number of amides is 1. The molecular weight excluding hydrogens is 487 g/mol. The second-order valence-electron chi connectivity index (χ2n) is 7.84. The SMILES string of the molecule is COc1ccccc1-c1nc2n(n1)C(c1ccc(Cl)c(Cl)c1)C(C(=O)Nc1cccnc1)=C(C)N2. The molecule has 1 unspecified atom stereocenters. The Labute approximate surface area is 211 Å². The quantitative estimate of drug-likeness (QED) is 0.366. The highest BCUT2D eigenvalue weighted by molar-refractivity contribution is 6.42. The molecule has 0 spiro atoms. The lowest BCUT2D eigenvalue weighted by atomic mass is 9.95. The zero-order chi connectivity index (χ0) is 24.5. The fourth-order valence-corrected chi connectivity index (χ4v) is 4.32. The molecule has 2 aromatic carbocycles. The van der Waals surface area contributed by atoms with E-state index in [-0.39, 0.29) is 5.91 Å². The molecule has 1 amide bonds. The molecule has 1 atom stereocenters. The maximum Gasteiger partial charge on any atom is 0.255 e. The predicted octanol–water partition coefficient (Wildman–Crippen LogP) is 5.58. The van der Waals surface area contributed by atoms with Gasteiger partial charge in [0.1, 0.15) is 11.8 Å². The zero-order valence-corrected chi connectivity index (χ0v) is 20.3. The van der Waals surface area contributed by atoms with Crippen LogP contribution in [0.2, 0.25) is 10.0 Å². The maximum atomic E-state index is 13.5. The third-order valence-electron chi connectivity index (χ3n) is 5.62. The van der Waals surface area contributed by atoms with Crippen LogP contribution in [0.3, 0.4) is 0 Å². The lowest BCUT2D eigenvalue weighted by Crippen LogP contribution is -2.31. The first-order valence-electron chi connectivity index (χ1n) is 10.7. The summed E-state index contributed by atoms with van der Waals surface area (Å²) >= 11 is 12.5. The summed E-state index contributed by atoms with van der Waals surface area (Å²) < 4.78 is 7.17. The first-order chi connectivity index (χ1) is 17.0. The number of nitrogens with one attached hydrogen (secondary N) is 2. The molecule has 1 aliphatic heterocycles. The lowest BCUT2D eigenvalue weighted by molar-refractivity contribution is -0.113. The second kappa shape index (κ2) is 9.40. The number of ether oxygens (including phenoxy) is 1. The summed E-state index contributed by atoms with van der Waals surface area (Å²) in [7, 11) is 1.60. The average Bonchev–Trinajstić information content (AvgIpc) is 3.28. The third kappa shape index (κ3) is 4.34. The number of pyridine rings is 1. The van der Waals surface area contributed by atoms with E-state index in [0.717, 1.165) is 11.1 Å². The molecule has 0 bridgehead atoms. The summed E-state index contributed by atoms with van der Waals surface area (Å²) in [4.78, 5) is 22.3. The van der Waals surface area contributed by atoms with Crippen LogP contribution in [0.5, 0.6) is 5.75 Å². The van der Waals surface area contributed by atoms with Crippen LogP contribution in [-0.2, 0) is 4.79 Å². The van der Waals surface area contributed by atoms with Crippen molar-refractivity contribution >= 4 is 40.7 Å². The summed E-state index contributed by atoms with van der Waals surface area (Å²) in [6.45, 7) is 1.82. The molecule has 4 aromatic rings. The summed E-state index contributed by atoms with van der Waals surface area (Å²) in [5.74, 6) is 1.27. The van der Waals surface area contributed by atoms with Gasteiger partial charge in [-0.3, -0.25) is 9.78 Å². The normalized spacial score (nSPS) is 14.8. The highest BCUT2D eigenvalue weighted by Gasteiger charge is 2.35. The number of halogens is 2. The van der Waals surface area contributed by atoms with Gasteiger partial charge in [-0.1, -0.05) is 41.4 Å². The van der Waals surface area contributed by atoms with Gasteiger partial charge in [-0.15, -0.1) is 5.10 Å². The van der Waals surface area contributed by atoms with Gasteiger partial charge in [0.2, 0.25) is 5.95 Å². The van der Waals surface area contributed by atoms with Crippen molar-refractivity contribution in [1.82, 2.24) is 19.7 Å². The highest BCUT2D eigenvalue weighted by atomic mass is 35.5. The molecule has 8 nitrogen and oxygen atoms in total. The molecule has 1 aliphatic rings. The standard InChI is InChI=1S/C25H20Cl2N6O2/c1-14-21(24(34)30-16-6-5-11-28-13-16)22(15-9-10-18(26)19(27)12-15)33-25(29-14)31-23(32-33)17-7-3-4-8-20(17)35-2/h3-13,22H,1-2H3,(H,30,34)(H,29,31,32). The van der Waals surface area contributed by atoms with Crippen molar-refractivity contribution in [3.05, 3.63) is 93.9 Å². The molecular formula is C25H20Cl2N6O2. The van der Waals surface area contributed by atoms with Gasteiger partial charge in [-0.25, -0.2) is 4.68 Å². The van der Waals surface area contributed by atoms with Crippen LogP contribution in [0.25, 0.3) is 11.4 Å². The number of hydrogen-bond acceptors (Lipinski definition) is 6. The Morgan fingerprint density at radius 1 is 1.11 bits per heavy atom. The van der Waals surface area contributed by atoms with E-state index in [1.54, 1.807) is 48.5 Å². The van der Waals surface area contributed by atoms with Gasteiger partial charge < -0.3 is 15.4 Å². The Morgan fingerprint density at radius 3 is 2.69 bits per heavy atom. The molecule has 0 saturated carbocycles. The molecule has 3 heterocycles. The van der Waals surface area contributed by atoms with Crippen molar-refractivity contribution < 1.29 is 9.53 Å². The Balaban J connectivity index is 1.64. The van der Waals surface area contributed by atoms with E-state index in [1.807, 2.05) is 37.3 Å². The number of nitrogens with zero attached hydrogens (tertiary/aromatic N) is 4. The number of anilines is 2. The van der Waals surface area contributed by atoms with E-state index in [4.69, 9.17) is 38.0 Å². The van der Waals surface area contributed by atoms with Crippen molar-refractivity contribution in [2.45, 2.75) is 13.0 Å². The van der Waals surface area contributed by atoms with E-state index in [0.29, 0.717) is 44.5 Å². The Morgan fingerprint density at radius 2 is 1.94 bits per heavy atom. The van der Waals surface area contributed by atoms with Crippen LogP contribution in [0.15, 0.2) is 78.3 Å². The summed E-state index contributed by atoms with van der Waals surface area (Å²) in [5.41, 5.74) is 3.12. The first-order valence-corrected chi connectivity index (χ1v) is 11.5. The number of allylic oxidation sites excluding steroid dienone is 1. The monoisotopic (exact) mass is 506 g/mol. The number of hydrogen-bond donors (Lipinski definition) is 2. The molecule has 35 heavy (non-hydrogen) atoms. The summed E-state index contributed by atoms with van der Waals surface area (Å²) in [6.07, 6.45) is 3.22. The molecule has 2 N–H and O–H groups in total. The van der Waals surface area contributed by atoms with E-state index in [2.05, 4.69) is 15.6 Å². The number of rotatable bonds is 5. The van der Waals surface area contributed by atoms with Crippen LogP contribution >= 0.6 is 23.2 Å². The largest absolute Gasteiger partial charge is 0.496 e. The van der Waals surface area contributed by atoms with Gasteiger partial charge >= 0.3 is 0 Å². The number of carbonyl (C=O) groups is 1. The smallest absolute Gasteiger partial charge is 0.255 e. The van der Waals surface area contributed by atoms with Gasteiger partial charge in [0.05, 0.1) is 40.2 Å². The van der Waals surface area contributed by atoms with E-state index in [9.17, 15) is 4.79 Å². The molecule has 0 saturated heterocycles. The van der Waals surface area contributed by atoms with Crippen molar-refractivity contribution in [3.63, 3.8) is 0 Å². The fraction of sp³-hybridized carbons (Fsp3) is 0.120. The number of fused-ring (bicyclic) bond motifs is 1. The number of carbonyl (C=O) groups excluding carboxylic acids is 1. The zero-order valence-electron chi connectivity index (χ0n) is 18.8. The lowest BCUT2D eigenvalue weighted by Gasteiger charge is -2.28. The molecule has 0 radical (unpaired) electrons. The van der Waals surface area contributed by atoms with Gasteiger partial charge in [0.15, 0.2) is 5.82 Å². The van der Waals surface area contributed by atoms with Crippen LogP contribution in [0.1, 0.15) is 18.5 Å². The van der Waals surface area contributed by atoms with Gasteiger partial charge in [-0.05, 0) is 48.9 Å². The summed E-state index contributed by atoms with van der Waals surface area (Å²) in [6, 6.07) is 15.6. The number of benzene rings is 2. The number of methoxy groups -OCH3 is 1. The molecule has 2 aromatic heterocycles. The predicted molar refractivity (Wildman–Crippen MR) is 136 cm³/mol. The van der Waals surface area contributed by atoms with E-state index in [1.165, 1.54) is 0 Å². The molecule has 176 valence electrons. The van der Waals surface area contributed by atoms with Crippen molar-refractivity contribution in [3.8, 4) is 17.1 Å². The van der Waals surface area contributed by atoms with Gasteiger partial charge in [0, 0.05) is 11.9 Å². The van der Waals surface area contributed by atoms with Crippen molar-refractivity contribution in [1.29, 1.82) is 0 Å². The number of para-hydroxylation sites is 1. The van der Waals surface area contributed by atoms with Gasteiger partial charge in [0.25, 0.3) is 5.91 Å². The fourth-order valence-electron chi connectivity index (χ4n) is 4.01.